The first-order valence-electron chi connectivity index (χ1n) is 16.1. The van der Waals surface area contributed by atoms with Crippen LogP contribution in [0.15, 0.2) is 54.1 Å². The van der Waals surface area contributed by atoms with Gasteiger partial charge < -0.3 is 38.5 Å². The smallest absolute Gasteiger partial charge is 0.331 e. The number of hydrogen-bond donors (Lipinski definition) is 2. The normalized spacial score (nSPS) is 38.7. The molecule has 0 saturated carbocycles. The molecule has 4 aliphatic rings. The molecule has 0 spiro atoms. The molecule has 3 aliphatic heterocycles. The van der Waals surface area contributed by atoms with Crippen LogP contribution in [-0.4, -0.2) is 86.8 Å². The van der Waals surface area contributed by atoms with Crippen LogP contribution < -0.4 is 0 Å². The summed E-state index contributed by atoms with van der Waals surface area (Å²) in [5.41, 5.74) is 0.879. The maximum atomic E-state index is 13.2. The average Bonchev–Trinajstić information content (AvgIpc) is 3.56. The Morgan fingerprint density at radius 2 is 1.98 bits per heavy atom. The van der Waals surface area contributed by atoms with Gasteiger partial charge >= 0.3 is 11.9 Å². The Morgan fingerprint density at radius 3 is 2.65 bits per heavy atom. The number of esters is 2. The molecule has 2 bridgehead atoms. The maximum absolute atomic E-state index is 13.2. The highest BCUT2D eigenvalue weighted by atomic mass is 16.7. The van der Waals surface area contributed by atoms with E-state index in [4.69, 9.17) is 23.7 Å². The lowest BCUT2D eigenvalue weighted by Crippen LogP contribution is -2.55. The molecule has 4 heterocycles. The fourth-order valence-corrected chi connectivity index (χ4v) is 7.20. The number of imidazole rings is 1. The summed E-state index contributed by atoms with van der Waals surface area (Å²) in [6.45, 7) is 11.6. The van der Waals surface area contributed by atoms with Crippen LogP contribution in [0.4, 0.5) is 0 Å². The molecule has 11 nitrogen and oxygen atoms in total. The van der Waals surface area contributed by atoms with E-state index in [9.17, 15) is 19.8 Å². The van der Waals surface area contributed by atoms with E-state index >= 15 is 0 Å². The van der Waals surface area contributed by atoms with Gasteiger partial charge in [-0.15, -0.1) is 0 Å². The van der Waals surface area contributed by atoms with Crippen molar-refractivity contribution in [2.75, 3.05) is 13.2 Å². The minimum atomic E-state index is -1.36. The van der Waals surface area contributed by atoms with Gasteiger partial charge in [-0.1, -0.05) is 37.6 Å². The van der Waals surface area contributed by atoms with Gasteiger partial charge in [-0.2, -0.15) is 0 Å². The molecule has 5 rings (SSSR count). The maximum Gasteiger partial charge on any atom is 0.331 e. The number of aliphatic hydroxyl groups is 2. The number of aryl methyl sites for hydroxylation is 1. The van der Waals surface area contributed by atoms with Crippen LogP contribution in [0.1, 0.15) is 60.1 Å². The molecule has 0 amide bonds. The van der Waals surface area contributed by atoms with E-state index in [1.807, 2.05) is 43.8 Å². The van der Waals surface area contributed by atoms with E-state index in [1.54, 1.807) is 12.4 Å². The third kappa shape index (κ3) is 7.23. The Kier molecular flexibility index (Phi) is 10.1. The summed E-state index contributed by atoms with van der Waals surface area (Å²) < 4.78 is 32.1. The lowest BCUT2D eigenvalue weighted by atomic mass is 9.65. The summed E-state index contributed by atoms with van der Waals surface area (Å²) in [4.78, 5) is 29.3. The molecule has 1 aromatic heterocycles. The quantitative estimate of drug-likeness (QED) is 0.246. The van der Waals surface area contributed by atoms with Gasteiger partial charge in [0.05, 0.1) is 25.2 Å². The third-order valence-electron chi connectivity index (χ3n) is 9.92. The predicted molar refractivity (Wildman–Crippen MR) is 169 cm³/mol. The van der Waals surface area contributed by atoms with Gasteiger partial charge in [0.1, 0.15) is 29.5 Å². The van der Waals surface area contributed by atoms with E-state index in [0.29, 0.717) is 24.0 Å². The SMILES string of the molecule is CC(=O)OC1C(OC/C2=C/[C@@H]3[C@@H](C(C)C)CC=C(C)[C@@H]3C[C@H](OC(=O)/C=C/c3cn(C)cn3)[C@]3(C)C=C[C@@]2(C)O3)OCC(O)C1O. The summed E-state index contributed by atoms with van der Waals surface area (Å²) in [5, 5.41) is 20.7. The highest BCUT2D eigenvalue weighted by Gasteiger charge is 2.51. The Balaban J connectivity index is 1.46. The highest BCUT2D eigenvalue weighted by molar-refractivity contribution is 5.86. The fourth-order valence-electron chi connectivity index (χ4n) is 7.20. The Morgan fingerprint density at radius 1 is 1.22 bits per heavy atom. The number of allylic oxidation sites excluding steroid dienone is 3. The molecular formula is C35H48N2O9. The molecule has 252 valence electrons. The summed E-state index contributed by atoms with van der Waals surface area (Å²) >= 11 is 0. The second-order valence-electron chi connectivity index (χ2n) is 13.8. The average molecular weight is 641 g/mol. The van der Waals surface area contributed by atoms with Crippen LogP contribution in [0.3, 0.4) is 0 Å². The molecule has 0 radical (unpaired) electrons. The molecule has 10 atom stereocenters. The van der Waals surface area contributed by atoms with Crippen LogP contribution in [0.2, 0.25) is 0 Å². The number of aliphatic hydroxyl groups excluding tert-OH is 2. The van der Waals surface area contributed by atoms with Crippen LogP contribution in [-0.2, 0) is 40.3 Å². The monoisotopic (exact) mass is 640 g/mol. The summed E-state index contributed by atoms with van der Waals surface area (Å²) in [6, 6.07) is 0. The zero-order valence-corrected chi connectivity index (χ0v) is 27.8. The van der Waals surface area contributed by atoms with E-state index in [1.165, 1.54) is 18.6 Å². The molecular weight excluding hydrogens is 592 g/mol. The fraction of sp³-hybridized carbons (Fsp3) is 0.629. The number of rotatable bonds is 8. The molecule has 4 unspecified atom stereocenters. The largest absolute Gasteiger partial charge is 0.456 e. The molecule has 1 aromatic rings. The second kappa shape index (κ2) is 13.6. The topological polar surface area (TPSA) is 139 Å². The Bertz CT molecular complexity index is 1410. The van der Waals surface area contributed by atoms with Gasteiger partial charge in [0.25, 0.3) is 0 Å². The number of ether oxygens (including phenoxy) is 5. The van der Waals surface area contributed by atoms with E-state index in [2.05, 4.69) is 37.9 Å². The van der Waals surface area contributed by atoms with Crippen LogP contribution >= 0.6 is 0 Å². The standard InChI is InChI=1S/C35H48N2O9/c1-20(2)25-10-8-21(3)26-15-29(45-30(40)11-9-24-16-37(7)19-36-24)35(6)13-12-34(5,46-35)23(14-27(25)26)17-42-33-32(44-22(4)38)31(41)28(39)18-43-33/h8-9,11-14,16,19-20,25-29,31-33,39,41H,10,15,17-18H2,1-7H3/b11-9+,23-14-/t25-,26+,27-,28?,29+,31?,32?,33?,34-,35+/m1/s1. The van der Waals surface area contributed by atoms with Crippen molar-refractivity contribution in [1.29, 1.82) is 0 Å². The van der Waals surface area contributed by atoms with Gasteiger partial charge in [-0.3, -0.25) is 4.79 Å². The predicted octanol–water partition coefficient (Wildman–Crippen LogP) is 3.66. The number of fused-ring (bicyclic) bond motifs is 3. The van der Waals surface area contributed by atoms with Crippen molar-refractivity contribution >= 4 is 18.0 Å². The number of aromatic nitrogens is 2. The van der Waals surface area contributed by atoms with Gasteiger partial charge in [-0.25, -0.2) is 9.78 Å². The molecule has 1 saturated heterocycles. The lowest BCUT2D eigenvalue weighted by molar-refractivity contribution is -0.273. The van der Waals surface area contributed by atoms with E-state index in [-0.39, 0.29) is 25.0 Å². The molecule has 1 aliphatic carbocycles. The highest BCUT2D eigenvalue weighted by Crippen LogP contribution is 2.49. The number of nitrogens with zero attached hydrogens (tertiary/aromatic N) is 2. The van der Waals surface area contributed by atoms with Crippen molar-refractivity contribution in [2.24, 2.45) is 30.7 Å². The first-order valence-corrected chi connectivity index (χ1v) is 16.1. The zero-order chi connectivity index (χ0) is 33.4. The van der Waals surface area contributed by atoms with Crippen molar-refractivity contribution in [3.05, 3.63) is 59.7 Å². The van der Waals surface area contributed by atoms with Crippen molar-refractivity contribution in [3.8, 4) is 0 Å². The van der Waals surface area contributed by atoms with Gasteiger partial charge in [0.2, 0.25) is 0 Å². The second-order valence-corrected chi connectivity index (χ2v) is 13.8. The molecule has 0 aromatic carbocycles. The Labute approximate surface area is 270 Å². The molecule has 1 fully saturated rings. The zero-order valence-electron chi connectivity index (χ0n) is 27.8. The number of carbonyl (C=O) groups excluding carboxylic acids is 2. The number of hydrogen-bond acceptors (Lipinski definition) is 10. The third-order valence-corrected chi connectivity index (χ3v) is 9.92. The summed E-state index contributed by atoms with van der Waals surface area (Å²) in [7, 11) is 1.87. The van der Waals surface area contributed by atoms with Gasteiger partial charge in [0.15, 0.2) is 12.4 Å². The first kappa shape index (κ1) is 34.3. The van der Waals surface area contributed by atoms with Crippen molar-refractivity contribution < 1.29 is 43.5 Å². The summed E-state index contributed by atoms with van der Waals surface area (Å²) in [6.07, 6.45) is 11.0. The Hall–Kier alpha value is -3.09. The minimum Gasteiger partial charge on any atom is -0.456 e. The van der Waals surface area contributed by atoms with Crippen LogP contribution in [0.5, 0.6) is 0 Å². The lowest BCUT2D eigenvalue weighted by Gasteiger charge is -2.41. The number of carbonyl (C=O) groups is 2. The molecule has 11 heteroatoms. The van der Waals surface area contributed by atoms with Gasteiger partial charge in [-0.05, 0) is 75.0 Å². The van der Waals surface area contributed by atoms with Crippen LogP contribution in [0.25, 0.3) is 6.08 Å². The first-order chi connectivity index (χ1) is 21.7. The van der Waals surface area contributed by atoms with Crippen molar-refractivity contribution in [2.45, 2.75) is 96.3 Å². The van der Waals surface area contributed by atoms with E-state index < -0.39 is 53.8 Å². The van der Waals surface area contributed by atoms with Gasteiger partial charge in [0, 0.05) is 26.2 Å². The summed E-state index contributed by atoms with van der Waals surface area (Å²) in [5.74, 6) is -0.236. The molecule has 2 N–H and O–H groups in total. The van der Waals surface area contributed by atoms with E-state index in [0.717, 1.165) is 12.0 Å². The van der Waals surface area contributed by atoms with Crippen molar-refractivity contribution in [3.63, 3.8) is 0 Å². The molecule has 46 heavy (non-hydrogen) atoms. The van der Waals surface area contributed by atoms with Crippen LogP contribution in [0, 0.1) is 23.7 Å². The van der Waals surface area contributed by atoms with Crippen molar-refractivity contribution in [1.82, 2.24) is 9.55 Å². The minimum absolute atomic E-state index is 0.0518.